The largest absolute Gasteiger partial charge is 0.320 e. The second kappa shape index (κ2) is 8.30. The Morgan fingerprint density at radius 3 is 2.33 bits per heavy atom. The first-order valence-corrected chi connectivity index (χ1v) is 7.90. The summed E-state index contributed by atoms with van der Waals surface area (Å²) in [5, 5.41) is 0. The second-order valence-electron chi connectivity index (χ2n) is 5.72. The molecule has 0 aromatic heterocycles. The topological polar surface area (TPSA) is 29.3 Å². The molecule has 0 aliphatic rings. The SMILES string of the molecule is C=CCC(N)(c1ccccc1F)C(C)N(CCC)CCC. The molecule has 0 radical (unpaired) electrons. The van der Waals surface area contributed by atoms with Crippen LogP contribution in [0.2, 0.25) is 0 Å². The third kappa shape index (κ3) is 4.14. The smallest absolute Gasteiger partial charge is 0.128 e. The van der Waals surface area contributed by atoms with E-state index in [4.69, 9.17) is 5.73 Å². The van der Waals surface area contributed by atoms with Crippen LogP contribution in [0.1, 0.15) is 45.6 Å². The van der Waals surface area contributed by atoms with E-state index >= 15 is 0 Å². The molecule has 21 heavy (non-hydrogen) atoms. The van der Waals surface area contributed by atoms with Gasteiger partial charge in [0.05, 0.1) is 5.54 Å². The Kier molecular flexibility index (Phi) is 7.06. The van der Waals surface area contributed by atoms with Crippen LogP contribution in [-0.4, -0.2) is 24.0 Å². The number of nitrogens with zero attached hydrogens (tertiary/aromatic N) is 1. The predicted molar refractivity (Wildman–Crippen MR) is 88.7 cm³/mol. The number of halogens is 1. The molecule has 0 saturated carbocycles. The Balaban J connectivity index is 3.19. The van der Waals surface area contributed by atoms with Crippen molar-refractivity contribution in [3.63, 3.8) is 0 Å². The van der Waals surface area contributed by atoms with Gasteiger partial charge in [-0.1, -0.05) is 38.1 Å². The maximum atomic E-state index is 14.3. The number of hydrogen-bond acceptors (Lipinski definition) is 2. The standard InChI is InChI=1S/C18H29FN2/c1-5-12-18(20,16-10-8-9-11-17(16)19)15(4)21(13-6-2)14-7-3/h5,8-11,15H,1,6-7,12-14,20H2,2-4H3. The minimum atomic E-state index is -0.753. The maximum Gasteiger partial charge on any atom is 0.128 e. The molecule has 0 heterocycles. The van der Waals surface area contributed by atoms with E-state index in [-0.39, 0.29) is 11.9 Å². The normalized spacial score (nSPS) is 15.7. The van der Waals surface area contributed by atoms with Crippen LogP contribution in [0.5, 0.6) is 0 Å². The van der Waals surface area contributed by atoms with Gasteiger partial charge in [0, 0.05) is 11.6 Å². The summed E-state index contributed by atoms with van der Waals surface area (Å²) in [6.45, 7) is 12.2. The summed E-state index contributed by atoms with van der Waals surface area (Å²) < 4.78 is 14.3. The Morgan fingerprint density at radius 2 is 1.86 bits per heavy atom. The van der Waals surface area contributed by atoms with E-state index in [1.54, 1.807) is 18.2 Å². The van der Waals surface area contributed by atoms with Crippen LogP contribution in [0, 0.1) is 5.82 Å². The van der Waals surface area contributed by atoms with E-state index in [1.165, 1.54) is 6.07 Å². The van der Waals surface area contributed by atoms with Crippen LogP contribution >= 0.6 is 0 Å². The number of benzene rings is 1. The number of rotatable bonds is 9. The lowest BCUT2D eigenvalue weighted by Crippen LogP contribution is -2.55. The maximum absolute atomic E-state index is 14.3. The Morgan fingerprint density at radius 1 is 1.29 bits per heavy atom. The van der Waals surface area contributed by atoms with Gasteiger partial charge < -0.3 is 5.73 Å². The molecule has 0 saturated heterocycles. The lowest BCUT2D eigenvalue weighted by molar-refractivity contribution is 0.128. The summed E-state index contributed by atoms with van der Waals surface area (Å²) >= 11 is 0. The summed E-state index contributed by atoms with van der Waals surface area (Å²) in [4.78, 5) is 2.36. The molecule has 118 valence electrons. The van der Waals surface area contributed by atoms with Gasteiger partial charge in [-0.25, -0.2) is 4.39 Å². The minimum Gasteiger partial charge on any atom is -0.320 e. The van der Waals surface area contributed by atoms with Crippen LogP contribution in [0.3, 0.4) is 0 Å². The van der Waals surface area contributed by atoms with Crippen molar-refractivity contribution in [3.05, 3.63) is 48.3 Å². The van der Waals surface area contributed by atoms with E-state index in [1.807, 2.05) is 6.07 Å². The fraction of sp³-hybridized carbons (Fsp3) is 0.556. The van der Waals surface area contributed by atoms with Gasteiger partial charge in [0.15, 0.2) is 0 Å². The average molecular weight is 292 g/mol. The highest BCUT2D eigenvalue weighted by molar-refractivity contribution is 5.29. The first-order valence-electron chi connectivity index (χ1n) is 7.90. The molecule has 2 atom stereocenters. The summed E-state index contributed by atoms with van der Waals surface area (Å²) in [7, 11) is 0. The quantitative estimate of drug-likeness (QED) is 0.695. The fourth-order valence-corrected chi connectivity index (χ4v) is 2.98. The van der Waals surface area contributed by atoms with Gasteiger partial charge in [-0.15, -0.1) is 6.58 Å². The second-order valence-corrected chi connectivity index (χ2v) is 5.72. The van der Waals surface area contributed by atoms with E-state index < -0.39 is 5.54 Å². The van der Waals surface area contributed by atoms with Crippen molar-refractivity contribution in [2.45, 2.75) is 51.6 Å². The summed E-state index contributed by atoms with van der Waals surface area (Å²) in [5.74, 6) is -0.235. The van der Waals surface area contributed by atoms with E-state index in [0.717, 1.165) is 25.9 Å². The Bertz CT molecular complexity index is 441. The summed E-state index contributed by atoms with van der Waals surface area (Å²) in [5.41, 5.74) is 6.51. The van der Waals surface area contributed by atoms with Crippen molar-refractivity contribution in [1.82, 2.24) is 4.90 Å². The summed E-state index contributed by atoms with van der Waals surface area (Å²) in [6, 6.07) is 6.88. The fourth-order valence-electron chi connectivity index (χ4n) is 2.98. The molecule has 0 bridgehead atoms. The molecule has 2 nitrogen and oxygen atoms in total. The lowest BCUT2D eigenvalue weighted by Gasteiger charge is -2.42. The molecular weight excluding hydrogens is 263 g/mol. The van der Waals surface area contributed by atoms with Crippen LogP contribution in [0.15, 0.2) is 36.9 Å². The van der Waals surface area contributed by atoms with Crippen molar-refractivity contribution in [1.29, 1.82) is 0 Å². The van der Waals surface area contributed by atoms with Crippen molar-refractivity contribution in [3.8, 4) is 0 Å². The van der Waals surface area contributed by atoms with Crippen molar-refractivity contribution in [2.75, 3.05) is 13.1 Å². The Labute approximate surface area is 128 Å². The predicted octanol–water partition coefficient (Wildman–Crippen LogP) is 4.07. The first-order chi connectivity index (χ1) is 10.0. The average Bonchev–Trinajstić information content (AvgIpc) is 2.47. The highest BCUT2D eigenvalue weighted by Gasteiger charge is 2.37. The highest BCUT2D eigenvalue weighted by atomic mass is 19.1. The van der Waals surface area contributed by atoms with Crippen molar-refractivity contribution < 1.29 is 4.39 Å². The van der Waals surface area contributed by atoms with Gasteiger partial charge in [0.25, 0.3) is 0 Å². The zero-order valence-corrected chi connectivity index (χ0v) is 13.6. The van der Waals surface area contributed by atoms with Crippen LogP contribution in [0.4, 0.5) is 4.39 Å². The Hall–Kier alpha value is -1.19. The van der Waals surface area contributed by atoms with Gasteiger partial charge in [-0.2, -0.15) is 0 Å². The first kappa shape index (κ1) is 17.9. The van der Waals surface area contributed by atoms with E-state index in [9.17, 15) is 4.39 Å². The third-order valence-electron chi connectivity index (χ3n) is 4.17. The molecule has 1 rings (SSSR count). The van der Waals surface area contributed by atoms with Crippen LogP contribution in [0.25, 0.3) is 0 Å². The molecule has 0 fully saturated rings. The molecule has 0 aliphatic carbocycles. The van der Waals surface area contributed by atoms with E-state index in [0.29, 0.717) is 12.0 Å². The highest BCUT2D eigenvalue weighted by Crippen LogP contribution is 2.31. The molecular formula is C18H29FN2. The van der Waals surface area contributed by atoms with Gasteiger partial charge in [-0.3, -0.25) is 4.90 Å². The molecule has 0 spiro atoms. The monoisotopic (exact) mass is 292 g/mol. The van der Waals surface area contributed by atoms with Gasteiger partial charge in [-0.05, 0) is 45.3 Å². The van der Waals surface area contributed by atoms with Gasteiger partial charge in [0.1, 0.15) is 5.82 Å². The van der Waals surface area contributed by atoms with Crippen molar-refractivity contribution >= 4 is 0 Å². The van der Waals surface area contributed by atoms with Gasteiger partial charge in [0.2, 0.25) is 0 Å². The lowest BCUT2D eigenvalue weighted by atomic mass is 9.80. The van der Waals surface area contributed by atoms with Crippen LogP contribution < -0.4 is 5.73 Å². The number of nitrogens with two attached hydrogens (primary N) is 1. The molecule has 0 aliphatic heterocycles. The molecule has 2 N–H and O–H groups in total. The molecule has 2 unspecified atom stereocenters. The number of hydrogen-bond donors (Lipinski definition) is 1. The minimum absolute atomic E-state index is 0.0484. The molecule has 1 aromatic rings. The summed E-state index contributed by atoms with van der Waals surface area (Å²) in [6.07, 6.45) is 4.47. The van der Waals surface area contributed by atoms with Gasteiger partial charge >= 0.3 is 0 Å². The molecule has 3 heteroatoms. The zero-order valence-electron chi connectivity index (χ0n) is 13.6. The van der Waals surface area contributed by atoms with Crippen molar-refractivity contribution in [2.24, 2.45) is 5.73 Å². The third-order valence-corrected chi connectivity index (χ3v) is 4.17. The molecule has 0 amide bonds. The zero-order chi connectivity index (χ0) is 15.9. The molecule has 1 aromatic carbocycles. The van der Waals surface area contributed by atoms with E-state index in [2.05, 4.69) is 32.3 Å². The van der Waals surface area contributed by atoms with Crippen LogP contribution in [-0.2, 0) is 5.54 Å².